The molecule has 2 aromatic rings. The van der Waals surface area contributed by atoms with Gasteiger partial charge >= 0.3 is 7.12 Å². The summed E-state index contributed by atoms with van der Waals surface area (Å²) in [6.07, 6.45) is 0. The summed E-state index contributed by atoms with van der Waals surface area (Å²) in [6.45, 7) is 2.06. The molecule has 0 atom stereocenters. The molecule has 2 N–H and O–H groups in total. The highest BCUT2D eigenvalue weighted by molar-refractivity contribution is 7.98. The van der Waals surface area contributed by atoms with Gasteiger partial charge < -0.3 is 14.8 Å². The van der Waals surface area contributed by atoms with E-state index in [4.69, 9.17) is 4.74 Å². The molecule has 5 heteroatoms. The summed E-state index contributed by atoms with van der Waals surface area (Å²) in [5.41, 5.74) is 2.66. The van der Waals surface area contributed by atoms with Crippen molar-refractivity contribution in [3.05, 3.63) is 53.6 Å². The lowest BCUT2D eigenvalue weighted by Crippen LogP contribution is -2.30. The van der Waals surface area contributed by atoms with E-state index >= 15 is 0 Å². The number of rotatable bonds is 5. The normalized spacial score (nSPS) is 10.4. The fourth-order valence-electron chi connectivity index (χ4n) is 1.87. The highest BCUT2D eigenvalue weighted by Gasteiger charge is 2.13. The van der Waals surface area contributed by atoms with Crippen LogP contribution in [0, 0.1) is 6.92 Å². The molecule has 0 amide bonds. The Balaban J connectivity index is 2.14. The quantitative estimate of drug-likeness (QED) is 0.652. The number of benzene rings is 2. The highest BCUT2D eigenvalue weighted by atomic mass is 32.2. The maximum absolute atomic E-state index is 9.24. The SMILES string of the molecule is COc1ccc(B(O)O)cc1CSc1ccc(C)cc1. The second-order valence-corrected chi connectivity index (χ2v) is 5.60. The number of aryl methyl sites for hydroxylation is 1. The molecule has 0 aliphatic heterocycles. The van der Waals surface area contributed by atoms with Crippen LogP contribution >= 0.6 is 11.8 Å². The summed E-state index contributed by atoms with van der Waals surface area (Å²) in [5, 5.41) is 18.5. The van der Waals surface area contributed by atoms with E-state index in [1.807, 2.05) is 0 Å². The molecular formula is C15H17BO3S. The molecule has 3 nitrogen and oxygen atoms in total. The molecule has 0 unspecified atom stereocenters. The van der Waals surface area contributed by atoms with Crippen LogP contribution < -0.4 is 10.2 Å². The lowest BCUT2D eigenvalue weighted by molar-refractivity contribution is 0.410. The third-order valence-electron chi connectivity index (χ3n) is 3.02. The summed E-state index contributed by atoms with van der Waals surface area (Å²) in [5.74, 6) is 1.47. The minimum absolute atomic E-state index is 0.477. The van der Waals surface area contributed by atoms with Gasteiger partial charge in [-0.2, -0.15) is 0 Å². The molecule has 0 aliphatic carbocycles. The number of hydrogen-bond donors (Lipinski definition) is 2. The monoisotopic (exact) mass is 288 g/mol. The van der Waals surface area contributed by atoms with Gasteiger partial charge in [0.25, 0.3) is 0 Å². The van der Waals surface area contributed by atoms with Gasteiger partial charge in [0.2, 0.25) is 0 Å². The van der Waals surface area contributed by atoms with Crippen LogP contribution in [0.15, 0.2) is 47.4 Å². The minimum Gasteiger partial charge on any atom is -0.496 e. The first-order valence-electron chi connectivity index (χ1n) is 6.32. The Kier molecular flexibility index (Phi) is 5.12. The third kappa shape index (κ3) is 3.79. The molecule has 2 rings (SSSR count). The summed E-state index contributed by atoms with van der Waals surface area (Å²) in [4.78, 5) is 1.17. The Labute approximate surface area is 123 Å². The number of methoxy groups -OCH3 is 1. The lowest BCUT2D eigenvalue weighted by atomic mass is 9.79. The van der Waals surface area contributed by atoms with Crippen LogP contribution in [0.25, 0.3) is 0 Å². The van der Waals surface area contributed by atoms with Gasteiger partial charge in [0.15, 0.2) is 0 Å². The van der Waals surface area contributed by atoms with E-state index in [0.717, 1.165) is 11.3 Å². The maximum atomic E-state index is 9.24. The van der Waals surface area contributed by atoms with Gasteiger partial charge in [-0.1, -0.05) is 29.8 Å². The van der Waals surface area contributed by atoms with Gasteiger partial charge in [0, 0.05) is 16.2 Å². The summed E-state index contributed by atoms with van der Waals surface area (Å²) in [6, 6.07) is 13.5. The van der Waals surface area contributed by atoms with Crippen LogP contribution in [0.1, 0.15) is 11.1 Å². The average molecular weight is 288 g/mol. The van der Waals surface area contributed by atoms with E-state index in [9.17, 15) is 10.0 Å². The third-order valence-corrected chi connectivity index (χ3v) is 4.08. The van der Waals surface area contributed by atoms with Gasteiger partial charge in [-0.15, -0.1) is 11.8 Å². The van der Waals surface area contributed by atoms with Gasteiger partial charge in [-0.3, -0.25) is 0 Å². The van der Waals surface area contributed by atoms with Crippen LogP contribution in [0.2, 0.25) is 0 Å². The van der Waals surface area contributed by atoms with Crippen molar-refractivity contribution >= 4 is 24.3 Å². The van der Waals surface area contributed by atoms with Crippen molar-refractivity contribution in [1.82, 2.24) is 0 Å². The van der Waals surface area contributed by atoms with Crippen molar-refractivity contribution in [3.8, 4) is 5.75 Å². The molecule has 0 aliphatic rings. The van der Waals surface area contributed by atoms with Gasteiger partial charge in [-0.25, -0.2) is 0 Å². The van der Waals surface area contributed by atoms with E-state index in [-0.39, 0.29) is 0 Å². The zero-order chi connectivity index (χ0) is 14.5. The fraction of sp³-hybridized carbons (Fsp3) is 0.200. The van der Waals surface area contributed by atoms with Crippen molar-refractivity contribution in [2.24, 2.45) is 0 Å². The topological polar surface area (TPSA) is 49.7 Å². The zero-order valence-electron chi connectivity index (χ0n) is 11.5. The van der Waals surface area contributed by atoms with Crippen LogP contribution in [-0.2, 0) is 5.75 Å². The van der Waals surface area contributed by atoms with Crippen molar-refractivity contribution in [2.45, 2.75) is 17.6 Å². The standard InChI is InChI=1S/C15H17BO3S/c1-11-3-6-14(7-4-11)20-10-12-9-13(16(17)18)5-8-15(12)19-2/h3-9,17-18H,10H2,1-2H3. The Morgan fingerprint density at radius 1 is 1.10 bits per heavy atom. The van der Waals surface area contributed by atoms with Crippen LogP contribution in [0.5, 0.6) is 5.75 Å². The highest BCUT2D eigenvalue weighted by Crippen LogP contribution is 2.27. The molecule has 0 saturated heterocycles. The Hall–Kier alpha value is -1.43. The van der Waals surface area contributed by atoms with Crippen molar-refractivity contribution in [3.63, 3.8) is 0 Å². The molecule has 0 fully saturated rings. The average Bonchev–Trinajstić information content (AvgIpc) is 2.46. The molecule has 0 spiro atoms. The molecule has 0 aromatic heterocycles. The van der Waals surface area contributed by atoms with E-state index in [0.29, 0.717) is 11.2 Å². The molecule has 0 radical (unpaired) electrons. The Morgan fingerprint density at radius 3 is 2.40 bits per heavy atom. The minimum atomic E-state index is -1.45. The first-order valence-corrected chi connectivity index (χ1v) is 7.31. The smallest absolute Gasteiger partial charge is 0.488 e. The maximum Gasteiger partial charge on any atom is 0.488 e. The molecule has 20 heavy (non-hydrogen) atoms. The number of ether oxygens (including phenoxy) is 1. The largest absolute Gasteiger partial charge is 0.496 e. The lowest BCUT2D eigenvalue weighted by Gasteiger charge is -2.10. The molecule has 0 bridgehead atoms. The Bertz CT molecular complexity index is 570. The molecular weight excluding hydrogens is 271 g/mol. The second kappa shape index (κ2) is 6.84. The summed E-state index contributed by atoms with van der Waals surface area (Å²) >= 11 is 1.69. The van der Waals surface area contributed by atoms with Gasteiger partial charge in [0.05, 0.1) is 7.11 Å². The molecule has 104 valence electrons. The van der Waals surface area contributed by atoms with Gasteiger partial charge in [-0.05, 0) is 30.6 Å². The number of thioether (sulfide) groups is 1. The van der Waals surface area contributed by atoms with Crippen molar-refractivity contribution in [1.29, 1.82) is 0 Å². The molecule has 0 saturated carbocycles. The molecule has 0 heterocycles. The van der Waals surface area contributed by atoms with Gasteiger partial charge in [0.1, 0.15) is 5.75 Å². The second-order valence-electron chi connectivity index (χ2n) is 4.55. The van der Waals surface area contributed by atoms with Crippen molar-refractivity contribution < 1.29 is 14.8 Å². The van der Waals surface area contributed by atoms with Crippen LogP contribution in [0.3, 0.4) is 0 Å². The van der Waals surface area contributed by atoms with E-state index in [2.05, 4.69) is 31.2 Å². The van der Waals surface area contributed by atoms with E-state index in [1.165, 1.54) is 10.5 Å². The summed E-state index contributed by atoms with van der Waals surface area (Å²) in [7, 11) is 0.161. The predicted molar refractivity (Wildman–Crippen MR) is 83.6 cm³/mol. The molecule has 2 aromatic carbocycles. The fourth-order valence-corrected chi connectivity index (χ4v) is 2.74. The van der Waals surface area contributed by atoms with E-state index in [1.54, 1.807) is 37.1 Å². The van der Waals surface area contributed by atoms with Crippen molar-refractivity contribution in [2.75, 3.05) is 7.11 Å². The number of hydrogen-bond acceptors (Lipinski definition) is 4. The predicted octanol–water partition coefficient (Wildman–Crippen LogP) is 1.98. The Morgan fingerprint density at radius 2 is 1.80 bits per heavy atom. The van der Waals surface area contributed by atoms with Crippen LogP contribution in [-0.4, -0.2) is 24.3 Å². The summed E-state index contributed by atoms with van der Waals surface area (Å²) < 4.78 is 5.31. The first-order chi connectivity index (χ1) is 9.60. The van der Waals surface area contributed by atoms with E-state index < -0.39 is 7.12 Å². The zero-order valence-corrected chi connectivity index (χ0v) is 12.4. The van der Waals surface area contributed by atoms with Crippen LogP contribution in [0.4, 0.5) is 0 Å². The first kappa shape index (κ1) is 15.0.